The molecule has 0 bridgehead atoms. The van der Waals surface area contributed by atoms with Crippen molar-refractivity contribution in [2.75, 3.05) is 47.5 Å². The van der Waals surface area contributed by atoms with E-state index >= 15 is 0 Å². The average molecular weight is 1100 g/mol. The monoisotopic (exact) mass is 1100 g/mol. The van der Waals surface area contributed by atoms with Crippen molar-refractivity contribution < 1.29 is 42.1 Å². The largest absolute Gasteiger partial charge is 0.756 e. The molecule has 0 saturated carbocycles. The minimum absolute atomic E-state index is 0.0446. The topological polar surface area (TPSA) is 111 Å². The van der Waals surface area contributed by atoms with Gasteiger partial charge in [0.2, 0.25) is 0 Å². The normalized spacial score (nSPS) is 13.8. The summed E-state index contributed by atoms with van der Waals surface area (Å²) in [6.45, 7) is 4.09. The first-order chi connectivity index (χ1) is 37.5. The van der Waals surface area contributed by atoms with Crippen LogP contribution in [0.5, 0.6) is 0 Å². The van der Waals surface area contributed by atoms with Crippen molar-refractivity contribution >= 4 is 19.8 Å². The van der Waals surface area contributed by atoms with Crippen molar-refractivity contribution in [1.29, 1.82) is 0 Å². The molecule has 0 aliphatic carbocycles. The number of carbonyl (C=O) groups is 2. The van der Waals surface area contributed by atoms with Crippen LogP contribution < -0.4 is 4.89 Å². The fraction of sp³-hybridized carbons (Fsp3) is 0.761. The lowest BCUT2D eigenvalue weighted by Crippen LogP contribution is -2.37. The summed E-state index contributed by atoms with van der Waals surface area (Å²) in [6, 6.07) is 0. The molecule has 0 heterocycles. The Balaban J connectivity index is 4.14. The zero-order valence-corrected chi connectivity index (χ0v) is 51.5. The summed E-state index contributed by atoms with van der Waals surface area (Å²) in [5.74, 6) is -0.898. The van der Waals surface area contributed by atoms with Crippen LogP contribution in [0.4, 0.5) is 0 Å². The first-order valence-corrected chi connectivity index (χ1v) is 33.3. The number of hydrogen-bond donors (Lipinski definition) is 0. The van der Waals surface area contributed by atoms with Crippen molar-refractivity contribution in [3.8, 4) is 0 Å². The lowest BCUT2D eigenvalue weighted by atomic mass is 10.0. The van der Waals surface area contributed by atoms with Crippen LogP contribution in [0.3, 0.4) is 0 Å². The maximum Gasteiger partial charge on any atom is 0.306 e. The van der Waals surface area contributed by atoms with Crippen molar-refractivity contribution in [3.63, 3.8) is 0 Å². The molecule has 10 heteroatoms. The van der Waals surface area contributed by atoms with Gasteiger partial charge in [-0.15, -0.1) is 0 Å². The van der Waals surface area contributed by atoms with Crippen LogP contribution in [0.1, 0.15) is 277 Å². The van der Waals surface area contributed by atoms with Gasteiger partial charge in [-0.1, -0.05) is 285 Å². The SMILES string of the molecule is CC/C=C\C/C=C\C/C=C\C/C=C\C/C=C\C/C=C\C/C=C\CCCC(=O)OC(COC(=O)CCCCCCCCCCCCCCCCCCCCCCCCCCCCCCCC)COP(=O)([O-])OCC[N+](C)(C)C. The molecule has 2 atom stereocenters. The van der Waals surface area contributed by atoms with Gasteiger partial charge in [0.1, 0.15) is 19.8 Å². The molecule has 446 valence electrons. The number of allylic oxidation sites excluding steroid dienone is 14. The van der Waals surface area contributed by atoms with Crippen LogP contribution in [0, 0.1) is 0 Å². The molecule has 0 aliphatic rings. The van der Waals surface area contributed by atoms with E-state index in [-0.39, 0.29) is 26.1 Å². The molecular weight excluding hydrogens is 978 g/mol. The summed E-state index contributed by atoms with van der Waals surface area (Å²) in [5.41, 5.74) is 0. The molecule has 2 unspecified atom stereocenters. The second-order valence-electron chi connectivity index (χ2n) is 22.4. The molecular formula is C67H120NO8P. The van der Waals surface area contributed by atoms with Crippen molar-refractivity contribution in [2.45, 2.75) is 283 Å². The maximum atomic E-state index is 12.8. The van der Waals surface area contributed by atoms with Gasteiger partial charge in [0.15, 0.2) is 6.10 Å². The second kappa shape index (κ2) is 57.9. The smallest absolute Gasteiger partial charge is 0.306 e. The molecule has 9 nitrogen and oxygen atoms in total. The molecule has 0 aromatic rings. The van der Waals surface area contributed by atoms with E-state index in [1.807, 2.05) is 27.2 Å². The van der Waals surface area contributed by atoms with E-state index in [4.69, 9.17) is 18.5 Å². The number of carbonyl (C=O) groups excluding carboxylic acids is 2. The highest BCUT2D eigenvalue weighted by Crippen LogP contribution is 2.38. The summed E-state index contributed by atoms with van der Waals surface area (Å²) in [4.78, 5) is 37.9. The standard InChI is InChI=1S/C67H120NO8P/c1-6-8-10-12-14-16-18-20-22-24-26-28-30-31-32-33-34-35-36-38-39-41-43-45-47-49-51-53-55-57-59-66(69)73-63-65(64-75-77(71,72)74-62-61-68(3,4)5)76-67(70)60-58-56-54-52-50-48-46-44-42-40-37-29-27-25-23-21-19-17-15-13-11-9-7-2/h9,11,15,17,21,23,27,29,40,42,46,48,52,54,65H,6-8,10,12-14,16,18-20,22,24-26,28,30-39,41,43-45,47,49-51,53,55-64H2,1-5H3/b11-9-,17-15-,23-21-,29-27-,42-40-,48-46-,54-52-. The third-order valence-electron chi connectivity index (χ3n) is 13.7. The fourth-order valence-corrected chi connectivity index (χ4v) is 9.55. The van der Waals surface area contributed by atoms with E-state index in [2.05, 4.69) is 92.8 Å². The van der Waals surface area contributed by atoms with E-state index in [0.717, 1.165) is 64.2 Å². The van der Waals surface area contributed by atoms with Gasteiger partial charge in [-0.25, -0.2) is 0 Å². The minimum atomic E-state index is -4.66. The first-order valence-electron chi connectivity index (χ1n) is 31.8. The number of esters is 2. The number of nitrogens with zero attached hydrogens (tertiary/aromatic N) is 1. The fourth-order valence-electron chi connectivity index (χ4n) is 8.82. The summed E-state index contributed by atoms with van der Waals surface area (Å²) < 4.78 is 34.1. The Hall–Kier alpha value is -2.81. The molecule has 0 aromatic heterocycles. The Morgan fingerprint density at radius 2 is 0.740 bits per heavy atom. The Morgan fingerprint density at radius 3 is 1.09 bits per heavy atom. The molecule has 0 fully saturated rings. The minimum Gasteiger partial charge on any atom is -0.756 e. The quantitative estimate of drug-likeness (QED) is 0.0195. The number of phosphoric ester groups is 1. The first kappa shape index (κ1) is 74.2. The Morgan fingerprint density at radius 1 is 0.416 bits per heavy atom. The Bertz CT molecular complexity index is 1580. The number of quaternary nitrogens is 1. The third kappa shape index (κ3) is 62.3. The van der Waals surface area contributed by atoms with Crippen LogP contribution in [-0.2, 0) is 32.7 Å². The summed E-state index contributed by atoms with van der Waals surface area (Å²) in [5, 5.41) is 0. The van der Waals surface area contributed by atoms with Gasteiger partial charge >= 0.3 is 11.9 Å². The van der Waals surface area contributed by atoms with Crippen molar-refractivity contribution in [1.82, 2.24) is 0 Å². The van der Waals surface area contributed by atoms with Gasteiger partial charge in [-0.2, -0.15) is 0 Å². The number of phosphoric acid groups is 1. The van der Waals surface area contributed by atoms with Crippen LogP contribution in [0.15, 0.2) is 85.1 Å². The number of rotatable bonds is 58. The summed E-state index contributed by atoms with van der Waals surface area (Å²) >= 11 is 0. The van der Waals surface area contributed by atoms with Crippen molar-refractivity contribution in [2.24, 2.45) is 0 Å². The predicted molar refractivity (Wildman–Crippen MR) is 328 cm³/mol. The number of hydrogen-bond acceptors (Lipinski definition) is 8. The van der Waals surface area contributed by atoms with Crippen molar-refractivity contribution in [3.05, 3.63) is 85.1 Å². The van der Waals surface area contributed by atoms with E-state index < -0.39 is 32.5 Å². The molecule has 0 rings (SSSR count). The zero-order valence-electron chi connectivity index (χ0n) is 50.6. The van der Waals surface area contributed by atoms with Gasteiger partial charge < -0.3 is 27.9 Å². The van der Waals surface area contributed by atoms with Gasteiger partial charge in [0, 0.05) is 12.8 Å². The van der Waals surface area contributed by atoms with Crippen LogP contribution in [-0.4, -0.2) is 70.0 Å². The van der Waals surface area contributed by atoms with E-state index in [9.17, 15) is 19.0 Å². The van der Waals surface area contributed by atoms with Gasteiger partial charge in [-0.3, -0.25) is 14.2 Å². The molecule has 0 radical (unpaired) electrons. The Kier molecular flexibility index (Phi) is 55.8. The average Bonchev–Trinajstić information content (AvgIpc) is 3.39. The van der Waals surface area contributed by atoms with Crippen LogP contribution in [0.25, 0.3) is 0 Å². The van der Waals surface area contributed by atoms with Crippen LogP contribution in [0.2, 0.25) is 0 Å². The van der Waals surface area contributed by atoms with Gasteiger partial charge in [0.05, 0.1) is 27.7 Å². The van der Waals surface area contributed by atoms with Crippen LogP contribution >= 0.6 is 7.82 Å². The number of unbranched alkanes of at least 4 members (excludes halogenated alkanes) is 30. The highest BCUT2D eigenvalue weighted by molar-refractivity contribution is 7.45. The van der Waals surface area contributed by atoms with Gasteiger partial charge in [-0.05, 0) is 64.2 Å². The third-order valence-corrected chi connectivity index (χ3v) is 14.6. The summed E-state index contributed by atoms with van der Waals surface area (Å²) in [7, 11) is 1.13. The lowest BCUT2D eigenvalue weighted by Gasteiger charge is -2.28. The number of likely N-dealkylation sites (N-methyl/N-ethyl adjacent to an activating group) is 1. The van der Waals surface area contributed by atoms with E-state index in [0.29, 0.717) is 23.9 Å². The molecule has 0 spiro atoms. The Labute approximate surface area is 475 Å². The van der Waals surface area contributed by atoms with Gasteiger partial charge in [0.25, 0.3) is 7.82 Å². The molecule has 0 aromatic carbocycles. The highest BCUT2D eigenvalue weighted by Gasteiger charge is 2.21. The predicted octanol–water partition coefficient (Wildman–Crippen LogP) is 19.6. The van der Waals surface area contributed by atoms with E-state index in [1.165, 1.54) is 173 Å². The molecule has 0 saturated heterocycles. The molecule has 0 amide bonds. The molecule has 0 aliphatic heterocycles. The lowest BCUT2D eigenvalue weighted by molar-refractivity contribution is -0.870. The summed E-state index contributed by atoms with van der Waals surface area (Å²) in [6.07, 6.45) is 78.1. The molecule has 77 heavy (non-hydrogen) atoms. The zero-order chi connectivity index (χ0) is 56.3. The second-order valence-corrected chi connectivity index (χ2v) is 23.8. The maximum absolute atomic E-state index is 12.8. The number of ether oxygens (including phenoxy) is 2. The van der Waals surface area contributed by atoms with E-state index in [1.54, 1.807) is 0 Å². The highest BCUT2D eigenvalue weighted by atomic mass is 31.2. The molecule has 0 N–H and O–H groups in total.